The van der Waals surface area contributed by atoms with Crippen LogP contribution < -0.4 is 10.6 Å². The van der Waals surface area contributed by atoms with Crippen LogP contribution in [-0.2, 0) is 13.0 Å². The summed E-state index contributed by atoms with van der Waals surface area (Å²) in [6.45, 7) is 3.94. The number of hydrogen-bond donors (Lipinski definition) is 2. The summed E-state index contributed by atoms with van der Waals surface area (Å²) in [5.74, 6) is 0.948. The number of benzene rings is 2. The van der Waals surface area contributed by atoms with Crippen LogP contribution in [0.3, 0.4) is 0 Å². The number of fused-ring (bicyclic) bond motifs is 1. The maximum Gasteiger partial charge on any atom is 0.133 e. The monoisotopic (exact) mass is 330 g/mol. The van der Waals surface area contributed by atoms with Gasteiger partial charge in [-0.1, -0.05) is 54.6 Å². The van der Waals surface area contributed by atoms with Gasteiger partial charge in [0, 0.05) is 12.1 Å². The predicted octanol–water partition coefficient (Wildman–Crippen LogP) is 3.63. The van der Waals surface area contributed by atoms with Crippen molar-refractivity contribution in [1.29, 1.82) is 0 Å². The fourth-order valence-corrected chi connectivity index (χ4v) is 3.44. The Morgan fingerprint density at radius 3 is 2.64 bits per heavy atom. The Morgan fingerprint density at radius 2 is 1.80 bits per heavy atom. The maximum atomic E-state index is 4.56. The van der Waals surface area contributed by atoms with E-state index in [0.717, 1.165) is 31.0 Å². The van der Waals surface area contributed by atoms with Gasteiger partial charge in [-0.25, -0.2) is 9.97 Å². The molecule has 126 valence electrons. The summed E-state index contributed by atoms with van der Waals surface area (Å²) in [4.78, 5) is 9.00. The molecule has 4 heteroatoms. The molecule has 3 aromatic rings. The van der Waals surface area contributed by atoms with E-state index in [4.69, 9.17) is 0 Å². The second kappa shape index (κ2) is 7.03. The summed E-state index contributed by atoms with van der Waals surface area (Å²) < 4.78 is 0. The fourth-order valence-electron chi connectivity index (χ4n) is 3.44. The number of aromatic nitrogens is 2. The van der Waals surface area contributed by atoms with Crippen LogP contribution >= 0.6 is 0 Å². The third-order valence-corrected chi connectivity index (χ3v) is 4.79. The van der Waals surface area contributed by atoms with Gasteiger partial charge in [0.25, 0.3) is 0 Å². The van der Waals surface area contributed by atoms with Crippen molar-refractivity contribution in [1.82, 2.24) is 15.3 Å². The van der Waals surface area contributed by atoms with E-state index in [1.54, 1.807) is 6.33 Å². The van der Waals surface area contributed by atoms with Crippen LogP contribution in [0.15, 0.2) is 60.9 Å². The Kier molecular flexibility index (Phi) is 4.44. The standard InChI is InChI=1S/C21H22N4/c1-15-7-5-6-10-17(15)20(16-8-3-2-4-9-16)25-21-18-11-12-22-13-19(18)23-14-24-21/h2-10,14,20,22H,11-13H2,1H3,(H,23,24,25). The van der Waals surface area contributed by atoms with Gasteiger partial charge in [-0.2, -0.15) is 0 Å². The SMILES string of the molecule is Cc1ccccc1C(Nc1ncnc2c1CCNC2)c1ccccc1. The summed E-state index contributed by atoms with van der Waals surface area (Å²) >= 11 is 0. The molecule has 0 radical (unpaired) electrons. The molecule has 4 rings (SSSR count). The first-order valence-electron chi connectivity index (χ1n) is 8.73. The molecule has 2 aromatic carbocycles. The van der Waals surface area contributed by atoms with Gasteiger partial charge in [0.15, 0.2) is 0 Å². The Balaban J connectivity index is 1.77. The number of rotatable bonds is 4. The van der Waals surface area contributed by atoms with Crippen molar-refractivity contribution >= 4 is 5.82 Å². The molecular weight excluding hydrogens is 308 g/mol. The Bertz CT molecular complexity index is 861. The van der Waals surface area contributed by atoms with E-state index in [1.807, 2.05) is 0 Å². The molecule has 2 N–H and O–H groups in total. The first-order valence-corrected chi connectivity index (χ1v) is 8.73. The molecular formula is C21H22N4. The molecule has 0 saturated heterocycles. The van der Waals surface area contributed by atoms with Crippen molar-refractivity contribution in [2.75, 3.05) is 11.9 Å². The van der Waals surface area contributed by atoms with Gasteiger partial charge < -0.3 is 10.6 Å². The molecule has 1 aliphatic rings. The fraction of sp³-hybridized carbons (Fsp3) is 0.238. The second-order valence-corrected chi connectivity index (χ2v) is 6.42. The molecule has 0 spiro atoms. The molecule has 1 aliphatic heterocycles. The van der Waals surface area contributed by atoms with Gasteiger partial charge in [-0.05, 0) is 36.6 Å². The van der Waals surface area contributed by atoms with E-state index in [-0.39, 0.29) is 6.04 Å². The summed E-state index contributed by atoms with van der Waals surface area (Å²) in [5.41, 5.74) is 6.11. The van der Waals surface area contributed by atoms with Crippen molar-refractivity contribution in [3.05, 3.63) is 88.9 Å². The lowest BCUT2D eigenvalue weighted by molar-refractivity contribution is 0.623. The zero-order chi connectivity index (χ0) is 17.1. The van der Waals surface area contributed by atoms with Crippen molar-refractivity contribution < 1.29 is 0 Å². The molecule has 0 saturated carbocycles. The van der Waals surface area contributed by atoms with Gasteiger partial charge >= 0.3 is 0 Å². The minimum Gasteiger partial charge on any atom is -0.359 e. The number of hydrogen-bond acceptors (Lipinski definition) is 4. The molecule has 2 heterocycles. The van der Waals surface area contributed by atoms with Crippen LogP contribution in [0.2, 0.25) is 0 Å². The van der Waals surface area contributed by atoms with Gasteiger partial charge in [0.05, 0.1) is 11.7 Å². The summed E-state index contributed by atoms with van der Waals surface area (Å²) in [6.07, 6.45) is 2.61. The molecule has 0 bridgehead atoms. The largest absolute Gasteiger partial charge is 0.359 e. The Hall–Kier alpha value is -2.72. The zero-order valence-corrected chi connectivity index (χ0v) is 14.4. The average Bonchev–Trinajstić information content (AvgIpc) is 2.68. The highest BCUT2D eigenvalue weighted by atomic mass is 15.1. The number of aryl methyl sites for hydroxylation is 1. The van der Waals surface area contributed by atoms with Crippen LogP contribution in [0.1, 0.15) is 34.0 Å². The lowest BCUT2D eigenvalue weighted by atomic mass is 9.94. The summed E-state index contributed by atoms with van der Waals surface area (Å²) in [6, 6.07) is 19.1. The summed E-state index contributed by atoms with van der Waals surface area (Å²) in [7, 11) is 0. The van der Waals surface area contributed by atoms with E-state index >= 15 is 0 Å². The van der Waals surface area contributed by atoms with Gasteiger partial charge in [-0.3, -0.25) is 0 Å². The number of anilines is 1. The van der Waals surface area contributed by atoms with Crippen LogP contribution in [0.4, 0.5) is 5.82 Å². The predicted molar refractivity (Wildman–Crippen MR) is 101 cm³/mol. The van der Waals surface area contributed by atoms with Gasteiger partial charge in [0.1, 0.15) is 12.1 Å². The molecule has 4 nitrogen and oxygen atoms in total. The Labute approximate surface area is 148 Å². The lowest BCUT2D eigenvalue weighted by Gasteiger charge is -2.25. The normalized spacial score (nSPS) is 14.6. The van der Waals surface area contributed by atoms with E-state index in [2.05, 4.69) is 82.1 Å². The van der Waals surface area contributed by atoms with Crippen molar-refractivity contribution in [2.45, 2.75) is 25.9 Å². The van der Waals surface area contributed by atoms with Crippen LogP contribution in [0, 0.1) is 6.92 Å². The van der Waals surface area contributed by atoms with Crippen molar-refractivity contribution in [3.8, 4) is 0 Å². The molecule has 25 heavy (non-hydrogen) atoms. The van der Waals surface area contributed by atoms with Crippen molar-refractivity contribution in [2.24, 2.45) is 0 Å². The zero-order valence-electron chi connectivity index (χ0n) is 14.4. The first-order chi connectivity index (χ1) is 12.3. The minimum atomic E-state index is 0.0660. The molecule has 0 amide bonds. The molecule has 1 aromatic heterocycles. The molecule has 0 aliphatic carbocycles. The van der Waals surface area contributed by atoms with Gasteiger partial charge in [-0.15, -0.1) is 0 Å². The molecule has 1 atom stereocenters. The highest BCUT2D eigenvalue weighted by molar-refractivity contribution is 5.52. The average molecular weight is 330 g/mol. The van der Waals surface area contributed by atoms with Crippen LogP contribution in [0.5, 0.6) is 0 Å². The smallest absolute Gasteiger partial charge is 0.133 e. The third kappa shape index (κ3) is 3.26. The topological polar surface area (TPSA) is 49.8 Å². The van der Waals surface area contributed by atoms with Crippen molar-refractivity contribution in [3.63, 3.8) is 0 Å². The summed E-state index contributed by atoms with van der Waals surface area (Å²) in [5, 5.41) is 7.08. The lowest BCUT2D eigenvalue weighted by Crippen LogP contribution is -2.27. The molecule has 1 unspecified atom stereocenters. The van der Waals surface area contributed by atoms with E-state index in [0.29, 0.717) is 0 Å². The number of nitrogens with zero attached hydrogens (tertiary/aromatic N) is 2. The maximum absolute atomic E-state index is 4.56. The first kappa shape index (κ1) is 15.8. The highest BCUT2D eigenvalue weighted by Gasteiger charge is 2.20. The highest BCUT2D eigenvalue weighted by Crippen LogP contribution is 2.30. The minimum absolute atomic E-state index is 0.0660. The quantitative estimate of drug-likeness (QED) is 0.767. The van der Waals surface area contributed by atoms with E-state index in [9.17, 15) is 0 Å². The van der Waals surface area contributed by atoms with Crippen LogP contribution in [0.25, 0.3) is 0 Å². The second-order valence-electron chi connectivity index (χ2n) is 6.42. The van der Waals surface area contributed by atoms with E-state index < -0.39 is 0 Å². The van der Waals surface area contributed by atoms with Gasteiger partial charge in [0.2, 0.25) is 0 Å². The molecule has 0 fully saturated rings. The van der Waals surface area contributed by atoms with Crippen LogP contribution in [-0.4, -0.2) is 16.5 Å². The number of nitrogens with one attached hydrogen (secondary N) is 2. The Morgan fingerprint density at radius 1 is 1.00 bits per heavy atom. The van der Waals surface area contributed by atoms with E-state index in [1.165, 1.54) is 22.3 Å². The third-order valence-electron chi connectivity index (χ3n) is 4.79.